The highest BCUT2D eigenvalue weighted by Crippen LogP contribution is 2.44. The molecule has 0 bridgehead atoms. The molecule has 0 aromatic rings. The molecule has 11 heteroatoms. The standard InChI is InChI=1S/C18H41N2O5PS2Si/c1-6-11-15-21-26(28,22-16-12-7-2)20-18(27)19-14-13-17-29(23-8-3,24-9-4)25-10-5/h6-17H2,1-5H3,(H2,19,20,27,28). The third-order valence-electron chi connectivity index (χ3n) is 3.79. The van der Waals surface area contributed by atoms with E-state index in [0.717, 1.165) is 38.1 Å². The van der Waals surface area contributed by atoms with Gasteiger partial charge in [-0.15, -0.1) is 0 Å². The molecule has 0 aliphatic carbocycles. The van der Waals surface area contributed by atoms with E-state index in [1.807, 2.05) is 20.8 Å². The Morgan fingerprint density at radius 2 is 1.31 bits per heavy atom. The predicted molar refractivity (Wildman–Crippen MR) is 130 cm³/mol. The smallest absolute Gasteiger partial charge is 0.374 e. The molecule has 0 rings (SSSR count). The van der Waals surface area contributed by atoms with E-state index in [4.69, 9.17) is 46.4 Å². The number of hydrogen-bond donors (Lipinski definition) is 2. The van der Waals surface area contributed by atoms with Crippen molar-refractivity contribution in [1.29, 1.82) is 0 Å². The summed E-state index contributed by atoms with van der Waals surface area (Å²) in [7, 11) is -2.62. The van der Waals surface area contributed by atoms with E-state index < -0.39 is 15.4 Å². The summed E-state index contributed by atoms with van der Waals surface area (Å²) in [5, 5.41) is 6.76. The average Bonchev–Trinajstić information content (AvgIpc) is 2.66. The van der Waals surface area contributed by atoms with Gasteiger partial charge in [0.15, 0.2) is 5.11 Å². The Balaban J connectivity index is 4.56. The van der Waals surface area contributed by atoms with Gasteiger partial charge in [-0.1, -0.05) is 26.7 Å². The van der Waals surface area contributed by atoms with Gasteiger partial charge in [-0.3, -0.25) is 5.09 Å². The van der Waals surface area contributed by atoms with Crippen LogP contribution in [0.1, 0.15) is 66.7 Å². The van der Waals surface area contributed by atoms with E-state index >= 15 is 0 Å². The third kappa shape index (κ3) is 14.1. The molecule has 0 unspecified atom stereocenters. The van der Waals surface area contributed by atoms with Crippen LogP contribution in [0.25, 0.3) is 0 Å². The SMILES string of the molecule is CCCCOP(=S)(NC(=S)NCCC[Si](OCC)(OCC)OCC)OCCCC. The van der Waals surface area contributed by atoms with Crippen LogP contribution < -0.4 is 10.4 Å². The summed E-state index contributed by atoms with van der Waals surface area (Å²) in [6.45, 7) is 11.0. The van der Waals surface area contributed by atoms with Gasteiger partial charge in [-0.25, -0.2) is 0 Å². The van der Waals surface area contributed by atoms with Crippen LogP contribution >= 0.6 is 18.9 Å². The Hall–Kier alpha value is 0.357. The summed E-state index contributed by atoms with van der Waals surface area (Å²) >= 11 is 11.0. The summed E-state index contributed by atoms with van der Waals surface area (Å²) in [6.07, 6.45) is 4.77. The second-order valence-corrected chi connectivity index (χ2v) is 12.6. The van der Waals surface area contributed by atoms with Crippen LogP contribution in [-0.4, -0.2) is 53.5 Å². The summed E-state index contributed by atoms with van der Waals surface area (Å²) in [4.78, 5) is 0. The van der Waals surface area contributed by atoms with E-state index in [1.165, 1.54) is 0 Å². The van der Waals surface area contributed by atoms with E-state index in [-0.39, 0.29) is 0 Å². The Morgan fingerprint density at radius 3 is 1.72 bits per heavy atom. The minimum atomic E-state index is -2.63. The molecule has 0 heterocycles. The summed E-state index contributed by atoms with van der Waals surface area (Å²) < 4.78 is 29.3. The molecule has 0 saturated carbocycles. The van der Waals surface area contributed by atoms with Crippen molar-refractivity contribution in [2.45, 2.75) is 72.8 Å². The molecule has 2 N–H and O–H groups in total. The fourth-order valence-electron chi connectivity index (χ4n) is 2.43. The lowest BCUT2D eigenvalue weighted by molar-refractivity contribution is 0.0709. The second kappa shape index (κ2) is 18.0. The van der Waals surface area contributed by atoms with Crippen molar-refractivity contribution in [2.75, 3.05) is 39.6 Å². The fourth-order valence-corrected chi connectivity index (χ4v) is 7.67. The van der Waals surface area contributed by atoms with Gasteiger partial charge in [0.25, 0.3) is 6.64 Å². The predicted octanol–water partition coefficient (Wildman–Crippen LogP) is 4.75. The van der Waals surface area contributed by atoms with Crippen LogP contribution in [0.3, 0.4) is 0 Å². The number of thiocarbonyl (C=S) groups is 1. The van der Waals surface area contributed by atoms with Gasteiger partial charge in [0.05, 0.1) is 13.2 Å². The average molecular weight is 489 g/mol. The van der Waals surface area contributed by atoms with Crippen molar-refractivity contribution in [1.82, 2.24) is 10.4 Å². The lowest BCUT2D eigenvalue weighted by atomic mass is 10.4. The molecule has 0 atom stereocenters. The maximum atomic E-state index is 5.87. The van der Waals surface area contributed by atoms with Crippen LogP contribution in [0.4, 0.5) is 0 Å². The van der Waals surface area contributed by atoms with Crippen LogP contribution in [0.5, 0.6) is 0 Å². The normalized spacial score (nSPS) is 12.2. The number of rotatable bonds is 19. The van der Waals surface area contributed by atoms with Crippen LogP contribution in [0.15, 0.2) is 0 Å². The molecule has 0 radical (unpaired) electrons. The highest BCUT2D eigenvalue weighted by Gasteiger charge is 2.39. The minimum absolute atomic E-state index is 0.456. The topological polar surface area (TPSA) is 70.2 Å². The van der Waals surface area contributed by atoms with Crippen molar-refractivity contribution >= 4 is 44.6 Å². The molecule has 7 nitrogen and oxygen atoms in total. The summed E-state index contributed by atoms with van der Waals surface area (Å²) in [5.74, 6) is 0. The van der Waals surface area contributed by atoms with Gasteiger partial charge in [-0.05, 0) is 64.1 Å². The molecule has 29 heavy (non-hydrogen) atoms. The van der Waals surface area contributed by atoms with Gasteiger partial charge >= 0.3 is 8.80 Å². The lowest BCUT2D eigenvalue weighted by Crippen LogP contribution is -2.46. The zero-order valence-electron chi connectivity index (χ0n) is 18.8. The summed E-state index contributed by atoms with van der Waals surface area (Å²) in [5.41, 5.74) is 0. The maximum Gasteiger partial charge on any atom is 0.500 e. The molecule has 174 valence electrons. The van der Waals surface area contributed by atoms with Crippen LogP contribution in [0, 0.1) is 0 Å². The maximum absolute atomic E-state index is 5.87. The van der Waals surface area contributed by atoms with Gasteiger partial charge in [0.2, 0.25) is 0 Å². The van der Waals surface area contributed by atoms with Crippen molar-refractivity contribution in [2.24, 2.45) is 0 Å². The lowest BCUT2D eigenvalue weighted by Gasteiger charge is -2.28. The second-order valence-electron chi connectivity index (χ2n) is 6.32. The number of nitrogens with one attached hydrogen (secondary N) is 2. The Bertz CT molecular complexity index is 447. The molecule has 0 amide bonds. The molecule has 0 saturated heterocycles. The molecule has 0 spiro atoms. The zero-order valence-corrected chi connectivity index (χ0v) is 22.3. The highest BCUT2D eigenvalue weighted by molar-refractivity contribution is 8.09. The monoisotopic (exact) mass is 488 g/mol. The van der Waals surface area contributed by atoms with Crippen molar-refractivity contribution in [3.8, 4) is 0 Å². The van der Waals surface area contributed by atoms with Gasteiger partial charge in [0.1, 0.15) is 0 Å². The first kappa shape index (κ1) is 29.4. The Morgan fingerprint density at radius 1 is 0.828 bits per heavy atom. The van der Waals surface area contributed by atoms with Crippen molar-refractivity contribution < 1.29 is 22.3 Å². The van der Waals surface area contributed by atoms with Crippen molar-refractivity contribution in [3.63, 3.8) is 0 Å². The molecule has 0 aromatic carbocycles. The van der Waals surface area contributed by atoms with E-state index in [1.54, 1.807) is 0 Å². The van der Waals surface area contributed by atoms with E-state index in [9.17, 15) is 0 Å². The fraction of sp³-hybridized carbons (Fsp3) is 0.944. The molecule has 0 aromatic heterocycles. The first-order valence-corrected chi connectivity index (χ1v) is 15.8. The highest BCUT2D eigenvalue weighted by atomic mass is 32.5. The van der Waals surface area contributed by atoms with Crippen LogP contribution in [-0.2, 0) is 34.1 Å². The molecule has 0 aliphatic rings. The molecular formula is C18H41N2O5PS2Si. The van der Waals surface area contributed by atoms with E-state index in [0.29, 0.717) is 44.7 Å². The zero-order chi connectivity index (χ0) is 22.0. The molecule has 0 aliphatic heterocycles. The number of unbranched alkanes of at least 4 members (excludes halogenated alkanes) is 2. The Kier molecular flexibility index (Phi) is 18.2. The van der Waals surface area contributed by atoms with Gasteiger partial charge in [0, 0.05) is 32.4 Å². The Labute approximate surface area is 189 Å². The van der Waals surface area contributed by atoms with Gasteiger partial charge in [-0.2, -0.15) is 0 Å². The molecule has 0 fully saturated rings. The largest absolute Gasteiger partial charge is 0.500 e. The van der Waals surface area contributed by atoms with Crippen molar-refractivity contribution in [3.05, 3.63) is 0 Å². The summed E-state index contributed by atoms with van der Waals surface area (Å²) in [6, 6.07) is 0.728. The first-order chi connectivity index (χ1) is 13.9. The van der Waals surface area contributed by atoms with Gasteiger partial charge < -0.3 is 27.6 Å². The number of hydrogen-bond acceptors (Lipinski definition) is 7. The van der Waals surface area contributed by atoms with E-state index in [2.05, 4.69) is 24.3 Å². The molecular weight excluding hydrogens is 447 g/mol. The minimum Gasteiger partial charge on any atom is -0.374 e. The third-order valence-corrected chi connectivity index (χ3v) is 9.79. The van der Waals surface area contributed by atoms with Crippen LogP contribution in [0.2, 0.25) is 6.04 Å². The quantitative estimate of drug-likeness (QED) is 0.116. The first-order valence-electron chi connectivity index (χ1n) is 10.8.